The zero-order valence-corrected chi connectivity index (χ0v) is 12.0. The van der Waals surface area contributed by atoms with E-state index in [1.54, 1.807) is 0 Å². The van der Waals surface area contributed by atoms with Gasteiger partial charge in [0.05, 0.1) is 13.2 Å². The zero-order chi connectivity index (χ0) is 17.3. The molecule has 136 valence electrons. The van der Waals surface area contributed by atoms with Crippen LogP contribution in [0.4, 0.5) is 0 Å². The van der Waals surface area contributed by atoms with E-state index >= 15 is 0 Å². The van der Waals surface area contributed by atoms with Crippen molar-refractivity contribution in [1.82, 2.24) is 0 Å². The highest BCUT2D eigenvalue weighted by Gasteiger charge is 2.51. The molecule has 0 unspecified atom stereocenters. The Labute approximate surface area is 130 Å². The van der Waals surface area contributed by atoms with Crippen molar-refractivity contribution in [3.63, 3.8) is 0 Å². The predicted octanol–water partition coefficient (Wildman–Crippen LogP) is -5.40. The van der Waals surface area contributed by atoms with E-state index < -0.39 is 74.6 Å². The molecule has 2 rings (SSSR count). The van der Waals surface area contributed by atoms with Gasteiger partial charge in [0.2, 0.25) is 0 Å². The Morgan fingerprint density at radius 1 is 0.870 bits per heavy atom. The molecule has 0 aromatic carbocycles. The minimum absolute atomic E-state index is 0.659. The lowest BCUT2D eigenvalue weighted by atomic mass is 9.99. The monoisotopic (exact) mass is 342 g/mol. The van der Waals surface area contributed by atoms with Gasteiger partial charge in [-0.3, -0.25) is 0 Å². The molecule has 0 spiro atoms. The van der Waals surface area contributed by atoms with Crippen molar-refractivity contribution in [2.45, 2.75) is 61.4 Å². The Morgan fingerprint density at radius 2 is 1.52 bits per heavy atom. The van der Waals surface area contributed by atoms with Gasteiger partial charge in [-0.15, -0.1) is 0 Å². The molecule has 0 aliphatic carbocycles. The van der Waals surface area contributed by atoms with Crippen LogP contribution in [0.2, 0.25) is 0 Å². The van der Waals surface area contributed by atoms with Gasteiger partial charge in [0.15, 0.2) is 12.6 Å². The smallest absolute Gasteiger partial charge is 0.187 e. The van der Waals surface area contributed by atoms with Gasteiger partial charge >= 0.3 is 0 Å². The third-order valence-electron chi connectivity index (χ3n) is 3.95. The van der Waals surface area contributed by atoms with E-state index in [0.29, 0.717) is 0 Å². The minimum Gasteiger partial charge on any atom is -0.394 e. The van der Waals surface area contributed by atoms with Crippen LogP contribution in [-0.2, 0) is 14.2 Å². The van der Waals surface area contributed by atoms with Gasteiger partial charge in [0.1, 0.15) is 48.8 Å². The molecule has 2 fully saturated rings. The first-order chi connectivity index (χ1) is 10.8. The highest BCUT2D eigenvalue weighted by atomic mass is 16.7. The first-order valence-corrected chi connectivity index (χ1v) is 7.08. The van der Waals surface area contributed by atoms with Crippen molar-refractivity contribution in [1.29, 1.82) is 0 Å². The van der Waals surface area contributed by atoms with Crippen molar-refractivity contribution in [2.24, 2.45) is 0 Å². The van der Waals surface area contributed by atoms with Crippen LogP contribution in [0.5, 0.6) is 0 Å². The Hall–Kier alpha value is -0.440. The van der Waals surface area contributed by atoms with Crippen molar-refractivity contribution in [2.75, 3.05) is 13.2 Å². The van der Waals surface area contributed by atoms with Crippen LogP contribution < -0.4 is 0 Å². The molecule has 2 saturated heterocycles. The second-order valence-corrected chi connectivity index (χ2v) is 5.53. The fourth-order valence-corrected chi connectivity index (χ4v) is 2.59. The normalized spacial score (nSPS) is 49.3. The summed E-state index contributed by atoms with van der Waals surface area (Å²) >= 11 is 0. The van der Waals surface area contributed by atoms with Gasteiger partial charge in [0, 0.05) is 0 Å². The summed E-state index contributed by atoms with van der Waals surface area (Å²) in [5.74, 6) is 0. The zero-order valence-electron chi connectivity index (χ0n) is 12.0. The lowest BCUT2D eigenvalue weighted by molar-refractivity contribution is -0.322. The van der Waals surface area contributed by atoms with Crippen LogP contribution in [0.1, 0.15) is 0 Å². The highest BCUT2D eigenvalue weighted by Crippen LogP contribution is 2.29. The molecule has 2 aliphatic heterocycles. The third kappa shape index (κ3) is 3.65. The van der Waals surface area contributed by atoms with Gasteiger partial charge in [-0.05, 0) is 0 Å². The quantitative estimate of drug-likeness (QED) is 0.238. The summed E-state index contributed by atoms with van der Waals surface area (Å²) in [6.07, 6.45) is -15.3. The van der Waals surface area contributed by atoms with E-state index in [9.17, 15) is 30.6 Å². The summed E-state index contributed by atoms with van der Waals surface area (Å²) < 4.78 is 15.1. The van der Waals surface area contributed by atoms with Crippen LogP contribution in [0.15, 0.2) is 0 Å². The highest BCUT2D eigenvalue weighted by molar-refractivity contribution is 4.94. The second kappa shape index (κ2) is 7.63. The lowest BCUT2D eigenvalue weighted by Crippen LogP contribution is -2.60. The average Bonchev–Trinajstić information content (AvgIpc) is 2.82. The standard InChI is InChI=1S/C12H22O11/c13-1-3(15)9-6(17)7(18)12(22-9)23-10-5(16)4(2-14)21-11(20)8(10)19/h3-20H,1-2H2/t3-,4-,5-,6-,7-,8+,9+,10+,11+,12+/m1/s1. The van der Waals surface area contributed by atoms with Crippen LogP contribution >= 0.6 is 0 Å². The van der Waals surface area contributed by atoms with Crippen LogP contribution in [0, 0.1) is 0 Å². The molecule has 23 heavy (non-hydrogen) atoms. The summed E-state index contributed by atoms with van der Waals surface area (Å²) in [5.41, 5.74) is 0. The van der Waals surface area contributed by atoms with Crippen LogP contribution in [-0.4, -0.2) is 115 Å². The molecule has 10 atom stereocenters. The molecule has 0 amide bonds. The summed E-state index contributed by atoms with van der Waals surface area (Å²) in [7, 11) is 0. The largest absolute Gasteiger partial charge is 0.394 e. The number of aliphatic hydroxyl groups excluding tert-OH is 8. The molecule has 11 heteroatoms. The molecule has 11 nitrogen and oxygen atoms in total. The van der Waals surface area contributed by atoms with E-state index in [1.807, 2.05) is 0 Å². The average molecular weight is 342 g/mol. The van der Waals surface area contributed by atoms with Gasteiger partial charge in [-0.2, -0.15) is 0 Å². The molecule has 0 aromatic heterocycles. The van der Waals surface area contributed by atoms with E-state index in [1.165, 1.54) is 0 Å². The topological polar surface area (TPSA) is 190 Å². The van der Waals surface area contributed by atoms with E-state index in [0.717, 1.165) is 0 Å². The third-order valence-corrected chi connectivity index (χ3v) is 3.95. The van der Waals surface area contributed by atoms with Gasteiger partial charge < -0.3 is 55.1 Å². The molecular formula is C12H22O11. The fraction of sp³-hybridized carbons (Fsp3) is 1.00. The summed E-state index contributed by atoms with van der Waals surface area (Å²) in [4.78, 5) is 0. The first kappa shape index (κ1) is 18.9. The number of hydrogen-bond acceptors (Lipinski definition) is 11. The Bertz CT molecular complexity index is 382. The van der Waals surface area contributed by atoms with E-state index in [4.69, 9.17) is 24.4 Å². The summed E-state index contributed by atoms with van der Waals surface area (Å²) in [6, 6.07) is 0. The van der Waals surface area contributed by atoms with Crippen molar-refractivity contribution < 1.29 is 55.1 Å². The number of ether oxygens (including phenoxy) is 3. The Balaban J connectivity index is 2.07. The molecule has 0 aromatic rings. The molecule has 2 aliphatic rings. The predicted molar refractivity (Wildman–Crippen MR) is 68.6 cm³/mol. The summed E-state index contributed by atoms with van der Waals surface area (Å²) in [6.45, 7) is -1.39. The number of hydrogen-bond donors (Lipinski definition) is 8. The molecule has 8 N–H and O–H groups in total. The van der Waals surface area contributed by atoms with Crippen LogP contribution in [0.25, 0.3) is 0 Å². The minimum atomic E-state index is -1.75. The molecular weight excluding hydrogens is 320 g/mol. The van der Waals surface area contributed by atoms with E-state index in [-0.39, 0.29) is 0 Å². The fourth-order valence-electron chi connectivity index (χ4n) is 2.59. The molecule has 2 heterocycles. The van der Waals surface area contributed by atoms with Gasteiger partial charge in [-0.25, -0.2) is 0 Å². The van der Waals surface area contributed by atoms with E-state index in [2.05, 4.69) is 0 Å². The molecule has 0 radical (unpaired) electrons. The lowest BCUT2D eigenvalue weighted by Gasteiger charge is -2.41. The molecule has 0 saturated carbocycles. The number of rotatable bonds is 5. The second-order valence-electron chi connectivity index (χ2n) is 5.53. The molecule has 0 bridgehead atoms. The van der Waals surface area contributed by atoms with Gasteiger partial charge in [0.25, 0.3) is 0 Å². The maximum absolute atomic E-state index is 9.98. The SMILES string of the molecule is OC[C@@H](O)[C@@H]1O[C@@H](O[C@@H]2[C@H](O)[C@@H](O)O[C@H](CO)[C@H]2O)[C@H](O)[C@H]1O. The van der Waals surface area contributed by atoms with Gasteiger partial charge in [-0.1, -0.05) is 0 Å². The van der Waals surface area contributed by atoms with Crippen molar-refractivity contribution in [3.05, 3.63) is 0 Å². The first-order valence-electron chi connectivity index (χ1n) is 7.08. The maximum Gasteiger partial charge on any atom is 0.187 e. The van der Waals surface area contributed by atoms with Crippen molar-refractivity contribution >= 4 is 0 Å². The maximum atomic E-state index is 9.98. The number of aliphatic hydroxyl groups is 8. The Kier molecular flexibility index (Phi) is 6.27. The summed E-state index contributed by atoms with van der Waals surface area (Å²) in [5, 5.41) is 76.4. The Morgan fingerprint density at radius 3 is 2.09 bits per heavy atom. The van der Waals surface area contributed by atoms with Crippen LogP contribution in [0.3, 0.4) is 0 Å². The van der Waals surface area contributed by atoms with Crippen molar-refractivity contribution in [3.8, 4) is 0 Å².